The van der Waals surface area contributed by atoms with E-state index in [0.29, 0.717) is 17.4 Å². The van der Waals surface area contributed by atoms with Crippen LogP contribution in [0.4, 0.5) is 4.39 Å². The van der Waals surface area contributed by atoms with Gasteiger partial charge < -0.3 is 20.5 Å². The smallest absolute Gasteiger partial charge is 0.288 e. The lowest BCUT2D eigenvalue weighted by atomic mass is 9.77. The molecule has 7 heteroatoms. The van der Waals surface area contributed by atoms with Gasteiger partial charge in [-0.05, 0) is 47.5 Å². The van der Waals surface area contributed by atoms with Gasteiger partial charge in [-0.25, -0.2) is 4.98 Å². The van der Waals surface area contributed by atoms with Crippen molar-refractivity contribution in [1.82, 2.24) is 16.3 Å². The molecule has 142 valence electrons. The van der Waals surface area contributed by atoms with Gasteiger partial charge in [-0.2, -0.15) is 4.39 Å². The summed E-state index contributed by atoms with van der Waals surface area (Å²) in [5.41, 5.74) is 3.10. The van der Waals surface area contributed by atoms with Crippen LogP contribution in [-0.4, -0.2) is 21.4 Å². The van der Waals surface area contributed by atoms with Crippen LogP contribution in [0.2, 0.25) is 0 Å². The molecule has 27 heavy (non-hydrogen) atoms. The Bertz CT molecular complexity index is 888. The van der Waals surface area contributed by atoms with Gasteiger partial charge in [-0.3, -0.25) is 0 Å². The van der Waals surface area contributed by atoms with Crippen LogP contribution in [0.3, 0.4) is 0 Å². The van der Waals surface area contributed by atoms with Crippen molar-refractivity contribution in [3.8, 4) is 23.1 Å². The summed E-state index contributed by atoms with van der Waals surface area (Å²) < 4.78 is 24.2. The van der Waals surface area contributed by atoms with E-state index in [-0.39, 0.29) is 18.0 Å². The van der Waals surface area contributed by atoms with Crippen LogP contribution in [0.15, 0.2) is 47.1 Å². The Hall–Kier alpha value is -2.93. The average Bonchev–Trinajstić information content (AvgIpc) is 2.98. The number of aromatic nitrogens is 2. The van der Waals surface area contributed by atoms with E-state index in [9.17, 15) is 4.39 Å². The number of aromatic hydroxyl groups is 1. The zero-order chi connectivity index (χ0) is 18.1. The van der Waals surface area contributed by atoms with Crippen LogP contribution in [0.25, 0.3) is 11.3 Å². The van der Waals surface area contributed by atoms with Crippen LogP contribution >= 0.6 is 0 Å². The number of aryl methyl sites for hydroxylation is 1. The molecule has 3 aromatic rings. The lowest BCUT2D eigenvalue weighted by Gasteiger charge is -2.35. The first kappa shape index (κ1) is 18.8. The monoisotopic (exact) mass is 371 g/mol. The Morgan fingerprint density at radius 1 is 1.19 bits per heavy atom. The maximum atomic E-state index is 13.6. The predicted molar refractivity (Wildman–Crippen MR) is 98.6 cm³/mol. The third-order valence-electron chi connectivity index (χ3n) is 4.86. The molecule has 1 aliphatic rings. The van der Waals surface area contributed by atoms with Crippen molar-refractivity contribution in [1.29, 1.82) is 0 Å². The molecule has 0 unspecified atom stereocenters. The van der Waals surface area contributed by atoms with Gasteiger partial charge in [0.25, 0.3) is 5.88 Å². The molecule has 0 aliphatic heterocycles. The van der Waals surface area contributed by atoms with Gasteiger partial charge >= 0.3 is 0 Å². The van der Waals surface area contributed by atoms with E-state index in [1.165, 1.54) is 17.3 Å². The fourth-order valence-electron chi connectivity index (χ4n) is 3.16. The lowest BCUT2D eigenvalue weighted by molar-refractivity contribution is 0.0936. The Morgan fingerprint density at radius 3 is 2.48 bits per heavy atom. The SMILES string of the molecule is CCc1ccc([C@H]2C[C@@H](Oc3ccc(-c4onc(O)c4F)cn3)C2)cc1.N. The van der Waals surface area contributed by atoms with Crippen molar-refractivity contribution in [3.05, 3.63) is 59.5 Å². The highest BCUT2D eigenvalue weighted by Gasteiger charge is 2.32. The van der Waals surface area contributed by atoms with Crippen molar-refractivity contribution in [3.63, 3.8) is 0 Å². The fourth-order valence-corrected chi connectivity index (χ4v) is 3.16. The first-order valence-corrected chi connectivity index (χ1v) is 8.70. The molecule has 2 heterocycles. The minimum absolute atomic E-state index is 0. The molecular weight excluding hydrogens is 349 g/mol. The largest absolute Gasteiger partial charge is 0.489 e. The van der Waals surface area contributed by atoms with E-state index in [1.54, 1.807) is 12.1 Å². The molecule has 0 radical (unpaired) electrons. The molecule has 0 bridgehead atoms. The number of hydrogen-bond donors (Lipinski definition) is 2. The summed E-state index contributed by atoms with van der Waals surface area (Å²) in [6.07, 6.45) is 4.54. The molecule has 1 aromatic carbocycles. The summed E-state index contributed by atoms with van der Waals surface area (Å²) in [6, 6.07) is 12.1. The van der Waals surface area contributed by atoms with Crippen molar-refractivity contribution >= 4 is 0 Å². The summed E-state index contributed by atoms with van der Waals surface area (Å²) in [6.45, 7) is 2.15. The van der Waals surface area contributed by atoms with Gasteiger partial charge in [-0.15, -0.1) is 0 Å². The minimum atomic E-state index is -0.892. The lowest BCUT2D eigenvalue weighted by Crippen LogP contribution is -2.32. The second-order valence-corrected chi connectivity index (χ2v) is 6.54. The van der Waals surface area contributed by atoms with Gasteiger partial charge in [0.05, 0.1) is 0 Å². The number of pyridine rings is 1. The van der Waals surface area contributed by atoms with Gasteiger partial charge in [0.1, 0.15) is 6.10 Å². The van der Waals surface area contributed by atoms with Crippen LogP contribution in [-0.2, 0) is 6.42 Å². The number of rotatable bonds is 5. The Kier molecular flexibility index (Phi) is 5.41. The van der Waals surface area contributed by atoms with Crippen LogP contribution in [0.5, 0.6) is 11.8 Å². The molecular formula is C20H22FN3O3. The van der Waals surface area contributed by atoms with E-state index in [2.05, 4.69) is 41.3 Å². The van der Waals surface area contributed by atoms with Crippen LogP contribution < -0.4 is 10.9 Å². The molecule has 0 amide bonds. The Labute approximate surface area is 156 Å². The molecule has 4 N–H and O–H groups in total. The van der Waals surface area contributed by atoms with Crippen LogP contribution in [0, 0.1) is 5.82 Å². The zero-order valence-electron chi connectivity index (χ0n) is 15.1. The van der Waals surface area contributed by atoms with Gasteiger partial charge in [-0.1, -0.05) is 31.2 Å². The second kappa shape index (κ2) is 7.75. The molecule has 0 atom stereocenters. The molecule has 0 spiro atoms. The summed E-state index contributed by atoms with van der Waals surface area (Å²) in [4.78, 5) is 4.19. The first-order valence-electron chi connectivity index (χ1n) is 8.70. The summed E-state index contributed by atoms with van der Waals surface area (Å²) >= 11 is 0. The van der Waals surface area contributed by atoms with Crippen molar-refractivity contribution in [2.75, 3.05) is 0 Å². The van der Waals surface area contributed by atoms with Crippen molar-refractivity contribution in [2.45, 2.75) is 38.2 Å². The zero-order valence-corrected chi connectivity index (χ0v) is 15.1. The highest BCUT2D eigenvalue weighted by Crippen LogP contribution is 2.39. The maximum Gasteiger partial charge on any atom is 0.288 e. The molecule has 2 aromatic heterocycles. The van der Waals surface area contributed by atoms with E-state index in [4.69, 9.17) is 14.4 Å². The summed E-state index contributed by atoms with van der Waals surface area (Å²) in [5.74, 6) is -0.774. The highest BCUT2D eigenvalue weighted by molar-refractivity contribution is 5.58. The fraction of sp³-hybridized carbons (Fsp3) is 0.300. The van der Waals surface area contributed by atoms with Gasteiger partial charge in [0.2, 0.25) is 17.5 Å². The normalized spacial score (nSPS) is 18.4. The van der Waals surface area contributed by atoms with Crippen molar-refractivity contribution in [2.24, 2.45) is 0 Å². The van der Waals surface area contributed by atoms with Gasteiger partial charge in [0.15, 0.2) is 0 Å². The standard InChI is InChI=1S/C20H19FN2O3.H3N/c1-2-12-3-5-13(6-4-12)15-9-16(10-15)25-17-8-7-14(11-22-17)19-18(21)20(24)23-26-19;/h3-8,11,15-16H,2,9-10H2,1H3,(H,23,24);1H3/t15-,16+;. The average molecular weight is 371 g/mol. The molecule has 1 saturated carbocycles. The third-order valence-corrected chi connectivity index (χ3v) is 4.86. The minimum Gasteiger partial charge on any atom is -0.489 e. The van der Waals surface area contributed by atoms with Crippen LogP contribution in [0.1, 0.15) is 36.8 Å². The van der Waals surface area contributed by atoms with E-state index in [1.807, 2.05) is 0 Å². The highest BCUT2D eigenvalue weighted by atomic mass is 19.1. The molecule has 1 fully saturated rings. The first-order chi connectivity index (χ1) is 12.6. The number of nitrogens with zero attached hydrogens (tertiary/aromatic N) is 2. The van der Waals surface area contributed by atoms with E-state index in [0.717, 1.165) is 19.3 Å². The summed E-state index contributed by atoms with van der Waals surface area (Å²) in [7, 11) is 0. The number of halogens is 1. The Balaban J connectivity index is 0.00000210. The molecule has 1 aliphatic carbocycles. The van der Waals surface area contributed by atoms with E-state index >= 15 is 0 Å². The second-order valence-electron chi connectivity index (χ2n) is 6.54. The third kappa shape index (κ3) is 3.78. The molecule has 4 rings (SSSR count). The molecule has 0 saturated heterocycles. The maximum absolute atomic E-state index is 13.6. The number of benzene rings is 1. The van der Waals surface area contributed by atoms with Gasteiger partial charge in [0, 0.05) is 17.8 Å². The quantitative estimate of drug-likeness (QED) is 0.678. The number of ether oxygens (including phenoxy) is 1. The number of hydrogen-bond acceptors (Lipinski definition) is 6. The Morgan fingerprint density at radius 2 is 1.93 bits per heavy atom. The van der Waals surface area contributed by atoms with Crippen molar-refractivity contribution < 1.29 is 18.8 Å². The summed E-state index contributed by atoms with van der Waals surface area (Å²) in [5, 5.41) is 12.3. The topological polar surface area (TPSA) is 103 Å². The molecule has 6 nitrogen and oxygen atoms in total. The predicted octanol–water partition coefficient (Wildman–Crippen LogP) is 4.63. The van der Waals surface area contributed by atoms with E-state index < -0.39 is 11.7 Å².